The number of piperidine rings is 1. The fraction of sp³-hybridized carbons (Fsp3) is 0.448. The van der Waals surface area contributed by atoms with E-state index in [0.29, 0.717) is 29.2 Å². The highest BCUT2D eigenvalue weighted by Gasteiger charge is 2.24. The van der Waals surface area contributed by atoms with Gasteiger partial charge in [-0.2, -0.15) is 4.98 Å². The predicted molar refractivity (Wildman–Crippen MR) is 171 cm³/mol. The van der Waals surface area contributed by atoms with Gasteiger partial charge in [0.25, 0.3) is 0 Å². The normalized spacial score (nSPS) is 14.1. The number of hydrogen-bond acceptors (Lipinski definition) is 10. The van der Waals surface area contributed by atoms with Crippen LogP contribution in [0.2, 0.25) is 5.02 Å². The van der Waals surface area contributed by atoms with Gasteiger partial charge in [-0.3, -0.25) is 4.72 Å². The van der Waals surface area contributed by atoms with Gasteiger partial charge in [-0.15, -0.1) is 0 Å². The summed E-state index contributed by atoms with van der Waals surface area (Å²) in [5.74, 6) is 1.60. The molecule has 3 aromatic rings. The molecule has 0 aliphatic carbocycles. The number of anilines is 6. The number of sulfonamides is 1. The maximum atomic E-state index is 12.0. The molecule has 1 fully saturated rings. The van der Waals surface area contributed by atoms with Crippen molar-refractivity contribution in [2.24, 2.45) is 0 Å². The number of methoxy groups -OCH3 is 2. The number of benzene rings is 2. The van der Waals surface area contributed by atoms with Crippen molar-refractivity contribution >= 4 is 56.1 Å². The standard InChI is InChI=1S/C29H40ClN7O4S/c1-7-9-19-16-23(26(41-5)17-24(19)37-14-12-20(13-15-37)36(2)3)33-29-31-18-21(30)28(34-29)32-22-10-8-11-25(40-4)27(22)35-42(6,38)39/h8,10-11,16-18,20,35H,7,9,12-15H2,1-6H3,(H2,31,32,33,34). The highest BCUT2D eigenvalue weighted by Crippen LogP contribution is 2.39. The van der Waals surface area contributed by atoms with E-state index in [4.69, 9.17) is 21.1 Å². The summed E-state index contributed by atoms with van der Waals surface area (Å²) in [6.45, 7) is 4.15. The summed E-state index contributed by atoms with van der Waals surface area (Å²) in [5, 5.41) is 6.67. The lowest BCUT2D eigenvalue weighted by Gasteiger charge is -2.37. The van der Waals surface area contributed by atoms with Crippen molar-refractivity contribution in [1.29, 1.82) is 0 Å². The second-order valence-electron chi connectivity index (χ2n) is 10.5. The van der Waals surface area contributed by atoms with Crippen LogP contribution in [0.3, 0.4) is 0 Å². The van der Waals surface area contributed by atoms with Crippen LogP contribution in [0, 0.1) is 0 Å². The largest absolute Gasteiger partial charge is 0.494 e. The number of para-hydroxylation sites is 1. The topological polar surface area (TPSA) is 121 Å². The molecule has 0 amide bonds. The van der Waals surface area contributed by atoms with Crippen LogP contribution in [0.25, 0.3) is 0 Å². The number of rotatable bonds is 12. The first-order chi connectivity index (χ1) is 20.0. The van der Waals surface area contributed by atoms with Gasteiger partial charge in [-0.1, -0.05) is 31.0 Å². The highest BCUT2D eigenvalue weighted by molar-refractivity contribution is 7.92. The van der Waals surface area contributed by atoms with E-state index >= 15 is 0 Å². The molecule has 2 heterocycles. The van der Waals surface area contributed by atoms with Gasteiger partial charge in [0.1, 0.15) is 22.2 Å². The first kappa shape index (κ1) is 31.5. The van der Waals surface area contributed by atoms with Crippen LogP contribution in [0.1, 0.15) is 31.7 Å². The van der Waals surface area contributed by atoms with E-state index in [-0.39, 0.29) is 16.5 Å². The van der Waals surface area contributed by atoms with Gasteiger partial charge in [0.15, 0.2) is 5.82 Å². The van der Waals surface area contributed by atoms with Crippen molar-refractivity contribution in [1.82, 2.24) is 14.9 Å². The van der Waals surface area contributed by atoms with E-state index in [1.54, 1.807) is 25.3 Å². The lowest BCUT2D eigenvalue weighted by atomic mass is 10.00. The lowest BCUT2D eigenvalue weighted by Crippen LogP contribution is -2.42. The lowest BCUT2D eigenvalue weighted by molar-refractivity contribution is 0.249. The summed E-state index contributed by atoms with van der Waals surface area (Å²) in [4.78, 5) is 13.7. The third-order valence-corrected chi connectivity index (χ3v) is 8.08. The van der Waals surface area contributed by atoms with Crippen molar-refractivity contribution < 1.29 is 17.9 Å². The molecule has 2 aromatic carbocycles. The first-order valence-electron chi connectivity index (χ1n) is 13.9. The molecule has 0 saturated carbocycles. The molecule has 4 rings (SSSR count). The minimum Gasteiger partial charge on any atom is -0.494 e. The van der Waals surface area contributed by atoms with Crippen LogP contribution in [0.4, 0.5) is 34.5 Å². The maximum Gasteiger partial charge on any atom is 0.230 e. The second-order valence-corrected chi connectivity index (χ2v) is 12.7. The molecular weight excluding hydrogens is 578 g/mol. The molecule has 228 valence electrons. The van der Waals surface area contributed by atoms with Gasteiger partial charge in [0.05, 0.1) is 38.0 Å². The quantitative estimate of drug-likeness (QED) is 0.241. The summed E-state index contributed by atoms with van der Waals surface area (Å²) in [5.41, 5.74) is 3.81. The van der Waals surface area contributed by atoms with Gasteiger partial charge >= 0.3 is 0 Å². The Hall–Kier alpha value is -3.48. The van der Waals surface area contributed by atoms with Crippen LogP contribution < -0.4 is 29.7 Å². The van der Waals surface area contributed by atoms with E-state index < -0.39 is 10.0 Å². The summed E-state index contributed by atoms with van der Waals surface area (Å²) >= 11 is 6.45. The Morgan fingerprint density at radius 1 is 1.07 bits per heavy atom. The number of aryl methyl sites for hydroxylation is 1. The Balaban J connectivity index is 1.63. The highest BCUT2D eigenvalue weighted by atomic mass is 35.5. The molecule has 3 N–H and O–H groups in total. The van der Waals surface area contributed by atoms with Crippen LogP contribution in [0.5, 0.6) is 11.5 Å². The average molecular weight is 618 g/mol. The third kappa shape index (κ3) is 7.67. The molecule has 13 heteroatoms. The molecule has 1 aromatic heterocycles. The molecule has 0 spiro atoms. The Kier molecular flexibility index (Phi) is 10.2. The molecule has 0 atom stereocenters. The molecule has 1 aliphatic heterocycles. The molecule has 42 heavy (non-hydrogen) atoms. The van der Waals surface area contributed by atoms with Gasteiger partial charge < -0.3 is 29.9 Å². The number of hydrogen-bond donors (Lipinski definition) is 3. The number of nitrogens with one attached hydrogen (secondary N) is 3. The van der Waals surface area contributed by atoms with Crippen molar-refractivity contribution in [2.75, 3.05) is 67.9 Å². The molecule has 0 bridgehead atoms. The Morgan fingerprint density at radius 3 is 2.40 bits per heavy atom. The summed E-state index contributed by atoms with van der Waals surface area (Å²) in [6.07, 6.45) is 6.70. The van der Waals surface area contributed by atoms with Crippen LogP contribution >= 0.6 is 11.6 Å². The zero-order chi connectivity index (χ0) is 30.4. The minimum atomic E-state index is -3.59. The molecule has 1 aliphatic rings. The van der Waals surface area contributed by atoms with Crippen molar-refractivity contribution in [2.45, 2.75) is 38.6 Å². The maximum absolute atomic E-state index is 12.0. The molecule has 11 nitrogen and oxygen atoms in total. The van der Waals surface area contributed by atoms with Crippen molar-refractivity contribution in [3.8, 4) is 11.5 Å². The fourth-order valence-corrected chi connectivity index (χ4v) is 5.85. The van der Waals surface area contributed by atoms with Crippen molar-refractivity contribution in [3.05, 3.63) is 47.1 Å². The fourth-order valence-electron chi connectivity index (χ4n) is 5.13. The zero-order valence-electron chi connectivity index (χ0n) is 25.0. The van der Waals surface area contributed by atoms with E-state index in [2.05, 4.69) is 68.3 Å². The minimum absolute atomic E-state index is 0.239. The van der Waals surface area contributed by atoms with Gasteiger partial charge in [-0.05, 0) is 57.1 Å². The predicted octanol–water partition coefficient (Wildman–Crippen LogP) is 5.49. The Labute approximate surface area is 253 Å². The number of ether oxygens (including phenoxy) is 2. The van der Waals surface area contributed by atoms with E-state index in [1.807, 2.05) is 0 Å². The zero-order valence-corrected chi connectivity index (χ0v) is 26.6. The first-order valence-corrected chi connectivity index (χ1v) is 16.1. The van der Waals surface area contributed by atoms with Gasteiger partial charge in [-0.25, -0.2) is 13.4 Å². The molecule has 0 unspecified atom stereocenters. The van der Waals surface area contributed by atoms with Gasteiger partial charge in [0.2, 0.25) is 16.0 Å². The number of nitrogens with zero attached hydrogens (tertiary/aromatic N) is 4. The van der Waals surface area contributed by atoms with Gasteiger partial charge in [0, 0.05) is 30.9 Å². The SMILES string of the molecule is CCCc1cc(Nc2ncc(Cl)c(Nc3cccc(OC)c3NS(C)(=O)=O)n2)c(OC)cc1N1CCC(N(C)C)CC1. The monoisotopic (exact) mass is 617 g/mol. The van der Waals surface area contributed by atoms with Crippen LogP contribution in [-0.4, -0.2) is 77.0 Å². The van der Waals surface area contributed by atoms with Crippen molar-refractivity contribution in [3.63, 3.8) is 0 Å². The number of aromatic nitrogens is 2. The third-order valence-electron chi connectivity index (χ3n) is 7.23. The summed E-state index contributed by atoms with van der Waals surface area (Å²) < 4.78 is 37.7. The Bertz CT molecular complexity index is 1500. The molecule has 1 saturated heterocycles. The van der Waals surface area contributed by atoms with Crippen LogP contribution in [-0.2, 0) is 16.4 Å². The van der Waals surface area contributed by atoms with Crippen LogP contribution in [0.15, 0.2) is 36.5 Å². The second kappa shape index (κ2) is 13.7. The molecule has 0 radical (unpaired) electrons. The number of halogens is 1. The smallest absolute Gasteiger partial charge is 0.230 e. The summed E-state index contributed by atoms with van der Waals surface area (Å²) in [7, 11) is 3.82. The average Bonchev–Trinajstić information content (AvgIpc) is 2.95. The van der Waals surface area contributed by atoms with E-state index in [0.717, 1.165) is 50.7 Å². The Morgan fingerprint density at radius 2 is 1.79 bits per heavy atom. The summed E-state index contributed by atoms with van der Waals surface area (Å²) in [6, 6.07) is 9.88. The van der Waals surface area contributed by atoms with E-state index in [1.165, 1.54) is 24.6 Å². The molecular formula is C29H40ClN7O4S. The van der Waals surface area contributed by atoms with E-state index in [9.17, 15) is 8.42 Å².